The lowest BCUT2D eigenvalue weighted by Crippen LogP contribution is -2.36. The molecular weight excluding hydrogens is 166 g/mol. The van der Waals surface area contributed by atoms with Gasteiger partial charge in [-0.1, -0.05) is 0 Å². The highest BCUT2D eigenvalue weighted by Gasteiger charge is 2.21. The minimum absolute atomic E-state index is 0.163. The van der Waals surface area contributed by atoms with E-state index in [1.807, 2.05) is 0 Å². The number of alkyl carbamates (subject to hydrolysis) is 1. The maximum atomic E-state index is 10.5. The number of nitrogens with two attached hydrogens (primary N) is 1. The number of nitrogens with one attached hydrogen (secondary N) is 2. The summed E-state index contributed by atoms with van der Waals surface area (Å²) in [5.74, 6) is 0. The van der Waals surface area contributed by atoms with E-state index in [4.69, 9.17) is 10.5 Å². The van der Waals surface area contributed by atoms with Gasteiger partial charge in [0.1, 0.15) is 6.10 Å². The standard InChI is InChI=1S/C5H9N3O2S/c6-4(11)7-1-3-2-8-5(9)10-3/h3H,1-2H2,(H,8,9)(H3,6,7,11)/t3-/m1/s1. The Bertz CT molecular complexity index is 185. The summed E-state index contributed by atoms with van der Waals surface area (Å²) in [6, 6.07) is 0. The molecule has 62 valence electrons. The largest absolute Gasteiger partial charge is 0.442 e. The number of cyclic esters (lactones) is 1. The lowest BCUT2D eigenvalue weighted by molar-refractivity contribution is 0.142. The van der Waals surface area contributed by atoms with Crippen LogP contribution >= 0.6 is 12.2 Å². The van der Waals surface area contributed by atoms with Gasteiger partial charge in [-0.25, -0.2) is 4.79 Å². The molecule has 6 heteroatoms. The molecule has 1 aliphatic rings. The van der Waals surface area contributed by atoms with Gasteiger partial charge < -0.3 is 21.1 Å². The summed E-state index contributed by atoms with van der Waals surface area (Å²) in [7, 11) is 0. The Morgan fingerprint density at radius 1 is 2.00 bits per heavy atom. The lowest BCUT2D eigenvalue weighted by atomic mass is 10.4. The smallest absolute Gasteiger partial charge is 0.407 e. The Balaban J connectivity index is 2.18. The summed E-state index contributed by atoms with van der Waals surface area (Å²) in [6.45, 7) is 0.975. The predicted molar refractivity (Wildman–Crippen MR) is 43.1 cm³/mol. The minimum atomic E-state index is -0.389. The molecular formula is C5H9N3O2S. The van der Waals surface area contributed by atoms with Gasteiger partial charge in [-0.05, 0) is 12.2 Å². The van der Waals surface area contributed by atoms with Gasteiger partial charge in [0.15, 0.2) is 5.11 Å². The average molecular weight is 175 g/mol. The fraction of sp³-hybridized carbons (Fsp3) is 0.600. The second kappa shape index (κ2) is 3.38. The molecule has 0 aromatic rings. The molecule has 1 atom stereocenters. The first-order chi connectivity index (χ1) is 5.18. The monoisotopic (exact) mass is 175 g/mol. The van der Waals surface area contributed by atoms with Gasteiger partial charge >= 0.3 is 6.09 Å². The number of hydrogen-bond acceptors (Lipinski definition) is 3. The van der Waals surface area contributed by atoms with E-state index in [9.17, 15) is 4.79 Å². The van der Waals surface area contributed by atoms with Crippen molar-refractivity contribution < 1.29 is 9.53 Å². The molecule has 1 rings (SSSR count). The molecule has 1 saturated heterocycles. The van der Waals surface area contributed by atoms with Crippen LogP contribution in [0, 0.1) is 0 Å². The molecule has 0 bridgehead atoms. The zero-order valence-electron chi connectivity index (χ0n) is 5.79. The SMILES string of the molecule is NC(=S)NC[C@@H]1CNC(=O)O1. The Morgan fingerprint density at radius 3 is 3.18 bits per heavy atom. The fourth-order valence-corrected chi connectivity index (χ4v) is 0.843. The van der Waals surface area contributed by atoms with Crippen molar-refractivity contribution in [2.45, 2.75) is 6.10 Å². The molecule has 1 fully saturated rings. The summed E-state index contributed by atoms with van der Waals surface area (Å²) in [6.07, 6.45) is -0.552. The first kappa shape index (κ1) is 8.06. The molecule has 0 aromatic carbocycles. The predicted octanol–water partition coefficient (Wildman–Crippen LogP) is -1.07. The van der Waals surface area contributed by atoms with Crippen LogP contribution in [0.25, 0.3) is 0 Å². The minimum Gasteiger partial charge on any atom is -0.442 e. The van der Waals surface area contributed by atoms with E-state index in [-0.39, 0.29) is 17.3 Å². The third-order valence-electron chi connectivity index (χ3n) is 1.25. The number of rotatable bonds is 2. The molecule has 1 aliphatic heterocycles. The maximum Gasteiger partial charge on any atom is 0.407 e. The van der Waals surface area contributed by atoms with Crippen molar-refractivity contribution in [1.29, 1.82) is 0 Å². The van der Waals surface area contributed by atoms with Gasteiger partial charge in [0.2, 0.25) is 0 Å². The normalized spacial score (nSPS) is 22.2. The molecule has 11 heavy (non-hydrogen) atoms. The summed E-state index contributed by atoms with van der Waals surface area (Å²) < 4.78 is 4.78. The first-order valence-electron chi connectivity index (χ1n) is 3.16. The molecule has 1 heterocycles. The van der Waals surface area contributed by atoms with E-state index < -0.39 is 0 Å². The van der Waals surface area contributed by atoms with E-state index in [0.717, 1.165) is 0 Å². The molecule has 1 amide bonds. The van der Waals surface area contributed by atoms with Gasteiger partial charge in [-0.2, -0.15) is 0 Å². The van der Waals surface area contributed by atoms with Crippen molar-refractivity contribution in [1.82, 2.24) is 10.6 Å². The third-order valence-corrected chi connectivity index (χ3v) is 1.40. The maximum absolute atomic E-state index is 10.5. The van der Waals surface area contributed by atoms with E-state index in [1.165, 1.54) is 0 Å². The number of hydrogen-bond donors (Lipinski definition) is 3. The summed E-state index contributed by atoms with van der Waals surface area (Å²) >= 11 is 4.57. The van der Waals surface area contributed by atoms with Crippen LogP contribution in [0.3, 0.4) is 0 Å². The van der Waals surface area contributed by atoms with Crippen molar-refractivity contribution in [3.63, 3.8) is 0 Å². The van der Waals surface area contributed by atoms with E-state index in [0.29, 0.717) is 13.1 Å². The Morgan fingerprint density at radius 2 is 2.73 bits per heavy atom. The topological polar surface area (TPSA) is 76.4 Å². The van der Waals surface area contributed by atoms with Gasteiger partial charge in [-0.3, -0.25) is 0 Å². The second-order valence-electron chi connectivity index (χ2n) is 2.15. The van der Waals surface area contributed by atoms with Crippen molar-refractivity contribution in [2.24, 2.45) is 5.73 Å². The molecule has 4 N–H and O–H groups in total. The Kier molecular flexibility index (Phi) is 2.48. The fourth-order valence-electron chi connectivity index (χ4n) is 0.760. The van der Waals surface area contributed by atoms with Gasteiger partial charge in [0, 0.05) is 0 Å². The molecule has 0 aliphatic carbocycles. The van der Waals surface area contributed by atoms with Crippen LogP contribution < -0.4 is 16.4 Å². The molecule has 0 spiro atoms. The number of ether oxygens (including phenoxy) is 1. The van der Waals surface area contributed by atoms with E-state index in [1.54, 1.807) is 0 Å². The van der Waals surface area contributed by atoms with Gasteiger partial charge in [0.25, 0.3) is 0 Å². The van der Waals surface area contributed by atoms with Crippen molar-refractivity contribution >= 4 is 23.4 Å². The third kappa shape index (κ3) is 2.58. The first-order valence-corrected chi connectivity index (χ1v) is 3.57. The van der Waals surface area contributed by atoms with E-state index >= 15 is 0 Å². The van der Waals surface area contributed by atoms with Crippen molar-refractivity contribution in [3.8, 4) is 0 Å². The van der Waals surface area contributed by atoms with Crippen molar-refractivity contribution in [2.75, 3.05) is 13.1 Å². The average Bonchev–Trinajstić information content (AvgIpc) is 2.31. The highest BCUT2D eigenvalue weighted by Crippen LogP contribution is 1.97. The number of amides is 1. The van der Waals surface area contributed by atoms with Crippen LogP contribution in [-0.4, -0.2) is 30.4 Å². The van der Waals surface area contributed by atoms with Crippen LogP contribution in [0.15, 0.2) is 0 Å². The van der Waals surface area contributed by atoms with E-state index in [2.05, 4.69) is 22.9 Å². The Hall–Kier alpha value is -1.04. The molecule has 0 saturated carbocycles. The molecule has 0 aromatic heterocycles. The van der Waals surface area contributed by atoms with Gasteiger partial charge in [0.05, 0.1) is 13.1 Å². The van der Waals surface area contributed by atoms with Crippen LogP contribution in [0.1, 0.15) is 0 Å². The lowest BCUT2D eigenvalue weighted by Gasteiger charge is -2.07. The van der Waals surface area contributed by atoms with Gasteiger partial charge in [-0.15, -0.1) is 0 Å². The molecule has 0 unspecified atom stereocenters. The number of carbonyl (C=O) groups excluding carboxylic acids is 1. The summed E-state index contributed by atoms with van der Waals surface area (Å²) in [5.41, 5.74) is 5.16. The van der Waals surface area contributed by atoms with Crippen LogP contribution in [0.2, 0.25) is 0 Å². The quantitative estimate of drug-likeness (QED) is 0.466. The van der Waals surface area contributed by atoms with Crippen molar-refractivity contribution in [3.05, 3.63) is 0 Å². The highest BCUT2D eigenvalue weighted by atomic mass is 32.1. The Labute approximate surface area is 69.3 Å². The number of carbonyl (C=O) groups is 1. The zero-order valence-corrected chi connectivity index (χ0v) is 6.61. The second-order valence-corrected chi connectivity index (χ2v) is 2.59. The zero-order chi connectivity index (χ0) is 8.27. The molecule has 5 nitrogen and oxygen atoms in total. The summed E-state index contributed by atoms with van der Waals surface area (Å²) in [5, 5.41) is 5.42. The van der Waals surface area contributed by atoms with Crippen LogP contribution in [-0.2, 0) is 4.74 Å². The summed E-state index contributed by atoms with van der Waals surface area (Å²) in [4.78, 5) is 10.5. The highest BCUT2D eigenvalue weighted by molar-refractivity contribution is 7.80. The van der Waals surface area contributed by atoms with Crippen LogP contribution in [0.5, 0.6) is 0 Å². The molecule has 0 radical (unpaired) electrons. The van der Waals surface area contributed by atoms with Crippen LogP contribution in [0.4, 0.5) is 4.79 Å². The number of thiocarbonyl (C=S) groups is 1.